The van der Waals surface area contributed by atoms with Crippen LogP contribution in [0.1, 0.15) is 62.1 Å². The molecule has 1 aromatic carbocycles. The predicted octanol–water partition coefficient (Wildman–Crippen LogP) is 3.79. The number of carbonyl (C=O) groups excluding carboxylic acids is 2. The number of aromatic nitrogens is 1. The van der Waals surface area contributed by atoms with Crippen LogP contribution >= 0.6 is 0 Å². The topological polar surface area (TPSA) is 74.8 Å². The lowest BCUT2D eigenvalue weighted by atomic mass is 9.73. The van der Waals surface area contributed by atoms with Gasteiger partial charge in [0.15, 0.2) is 0 Å². The third-order valence-corrected chi connectivity index (χ3v) is 8.50. The molecule has 1 N–H and O–H groups in total. The van der Waals surface area contributed by atoms with Gasteiger partial charge in [-0.25, -0.2) is 0 Å². The number of carbonyl (C=O) groups is 2. The number of likely N-dealkylation sites (tertiary alicyclic amines) is 2. The van der Waals surface area contributed by atoms with Crippen molar-refractivity contribution in [2.45, 2.75) is 57.3 Å². The Labute approximate surface area is 220 Å². The first-order valence-electron chi connectivity index (χ1n) is 14.0. The van der Waals surface area contributed by atoms with Gasteiger partial charge in [0.1, 0.15) is 12.4 Å². The summed E-state index contributed by atoms with van der Waals surface area (Å²) in [6.45, 7) is 4.59. The second-order valence-corrected chi connectivity index (χ2v) is 10.9. The number of nitrogens with one attached hydrogen (secondary N) is 1. The number of ether oxygens (including phenoxy) is 1. The predicted molar refractivity (Wildman–Crippen MR) is 143 cm³/mol. The van der Waals surface area contributed by atoms with E-state index in [0.717, 1.165) is 89.0 Å². The summed E-state index contributed by atoms with van der Waals surface area (Å²) < 4.78 is 5.97. The smallest absolute Gasteiger partial charge is 0.236 e. The monoisotopic (exact) mass is 504 g/mol. The van der Waals surface area contributed by atoms with Gasteiger partial charge in [-0.2, -0.15) is 0 Å². The number of piperidine rings is 2. The zero-order valence-electron chi connectivity index (χ0n) is 21.9. The van der Waals surface area contributed by atoms with Gasteiger partial charge in [-0.15, -0.1) is 0 Å². The van der Waals surface area contributed by atoms with E-state index < -0.39 is 0 Å². The maximum absolute atomic E-state index is 13.3. The van der Waals surface area contributed by atoms with Gasteiger partial charge >= 0.3 is 0 Å². The van der Waals surface area contributed by atoms with Gasteiger partial charge in [0.25, 0.3) is 0 Å². The van der Waals surface area contributed by atoms with Gasteiger partial charge in [-0.1, -0.05) is 30.7 Å². The lowest BCUT2D eigenvalue weighted by molar-refractivity contribution is -0.137. The standard InChI is InChI=1S/C30H40N4O3/c35-28(34-18-7-10-25(22-34)26-11-4-6-16-31-26)23-33-19-14-30(15-20-33)13-5-3-9-24-8-1-2-12-27(24)37-21-17-32-29(30)36/h1-2,4,6,8,11-12,16,25H,3,5,7,9-10,13-15,17-23H2,(H,32,36). The number of pyridine rings is 1. The first-order valence-corrected chi connectivity index (χ1v) is 14.0. The van der Waals surface area contributed by atoms with E-state index in [1.807, 2.05) is 35.4 Å². The largest absolute Gasteiger partial charge is 0.491 e. The summed E-state index contributed by atoms with van der Waals surface area (Å²) in [6, 6.07) is 14.3. The highest BCUT2D eigenvalue weighted by molar-refractivity contribution is 5.83. The van der Waals surface area contributed by atoms with Crippen LogP contribution in [0.15, 0.2) is 48.7 Å². The van der Waals surface area contributed by atoms with Crippen molar-refractivity contribution < 1.29 is 14.3 Å². The van der Waals surface area contributed by atoms with Gasteiger partial charge in [0, 0.05) is 30.9 Å². The fourth-order valence-corrected chi connectivity index (χ4v) is 6.23. The molecule has 0 aliphatic carbocycles. The van der Waals surface area contributed by atoms with Crippen LogP contribution in [0.4, 0.5) is 0 Å². The van der Waals surface area contributed by atoms with Gasteiger partial charge in [0.05, 0.1) is 18.5 Å². The second kappa shape index (κ2) is 12.1. The van der Waals surface area contributed by atoms with E-state index in [4.69, 9.17) is 4.74 Å². The minimum atomic E-state index is -0.340. The van der Waals surface area contributed by atoms with Crippen molar-refractivity contribution in [3.63, 3.8) is 0 Å². The Kier molecular flexibility index (Phi) is 8.39. The molecular weight excluding hydrogens is 464 g/mol. The Morgan fingerprint density at radius 2 is 1.86 bits per heavy atom. The van der Waals surface area contributed by atoms with E-state index in [1.165, 1.54) is 5.56 Å². The second-order valence-electron chi connectivity index (χ2n) is 10.9. The van der Waals surface area contributed by atoms with Crippen molar-refractivity contribution in [2.24, 2.45) is 5.41 Å². The maximum atomic E-state index is 13.3. The van der Waals surface area contributed by atoms with Crippen molar-refractivity contribution in [3.05, 3.63) is 59.9 Å². The fraction of sp³-hybridized carbons (Fsp3) is 0.567. The molecule has 5 rings (SSSR count). The summed E-state index contributed by atoms with van der Waals surface area (Å²) in [6.07, 6.45) is 9.49. The summed E-state index contributed by atoms with van der Waals surface area (Å²) in [5.41, 5.74) is 2.00. The molecule has 4 heterocycles. The summed E-state index contributed by atoms with van der Waals surface area (Å²) in [5, 5.41) is 3.16. The zero-order valence-corrected chi connectivity index (χ0v) is 21.9. The van der Waals surface area contributed by atoms with Gasteiger partial charge in [-0.3, -0.25) is 19.5 Å². The van der Waals surface area contributed by atoms with Crippen LogP contribution < -0.4 is 10.1 Å². The minimum Gasteiger partial charge on any atom is -0.491 e. The Hall–Kier alpha value is -2.93. The maximum Gasteiger partial charge on any atom is 0.236 e. The quantitative estimate of drug-likeness (QED) is 0.689. The van der Waals surface area contributed by atoms with Crippen LogP contribution in [0.3, 0.4) is 0 Å². The summed E-state index contributed by atoms with van der Waals surface area (Å²) in [4.78, 5) is 35.3. The van der Waals surface area contributed by atoms with E-state index in [9.17, 15) is 9.59 Å². The molecule has 0 saturated carbocycles. The van der Waals surface area contributed by atoms with Crippen molar-refractivity contribution in [1.82, 2.24) is 20.1 Å². The van der Waals surface area contributed by atoms with Gasteiger partial charge in [0.2, 0.25) is 11.8 Å². The first kappa shape index (κ1) is 25.7. The van der Waals surface area contributed by atoms with Gasteiger partial charge < -0.3 is 15.0 Å². The van der Waals surface area contributed by atoms with Crippen LogP contribution in [-0.4, -0.2) is 72.5 Å². The number of rotatable bonds is 3. The SMILES string of the molecule is O=C(CN1CCC2(CCCCc3ccccc3OCCNC2=O)CC1)N1CCCC(c2ccccn2)C1. The molecule has 0 bridgehead atoms. The summed E-state index contributed by atoms with van der Waals surface area (Å²) >= 11 is 0. The molecule has 2 saturated heterocycles. The molecule has 7 heteroatoms. The molecule has 0 radical (unpaired) electrons. The number of hydrogen-bond acceptors (Lipinski definition) is 5. The number of hydrogen-bond donors (Lipinski definition) is 1. The molecular formula is C30H40N4O3. The van der Waals surface area contributed by atoms with E-state index >= 15 is 0 Å². The van der Waals surface area contributed by atoms with Crippen LogP contribution in [0.2, 0.25) is 0 Å². The van der Waals surface area contributed by atoms with Crippen LogP contribution in [0.25, 0.3) is 0 Å². The molecule has 7 nitrogen and oxygen atoms in total. The minimum absolute atomic E-state index is 0.158. The highest BCUT2D eigenvalue weighted by Gasteiger charge is 2.41. The number of para-hydroxylation sites is 1. The molecule has 198 valence electrons. The van der Waals surface area contributed by atoms with Crippen LogP contribution in [0.5, 0.6) is 5.75 Å². The number of aryl methyl sites for hydroxylation is 1. The normalized spacial score (nSPS) is 23.2. The molecule has 2 amide bonds. The third-order valence-electron chi connectivity index (χ3n) is 8.50. The number of amides is 2. The van der Waals surface area contributed by atoms with Crippen LogP contribution in [-0.2, 0) is 16.0 Å². The van der Waals surface area contributed by atoms with E-state index in [-0.39, 0.29) is 17.2 Å². The third kappa shape index (κ3) is 6.32. The number of benzene rings is 1. The van der Waals surface area contributed by atoms with Crippen LogP contribution in [0, 0.1) is 5.41 Å². The highest BCUT2D eigenvalue weighted by atomic mass is 16.5. The average Bonchev–Trinajstić information content (AvgIpc) is 2.95. The first-order chi connectivity index (χ1) is 18.1. The molecule has 2 aromatic rings. The van der Waals surface area contributed by atoms with Crippen molar-refractivity contribution in [2.75, 3.05) is 45.9 Å². The number of fused-ring (bicyclic) bond motifs is 1. The Balaban J connectivity index is 1.15. The molecule has 1 atom stereocenters. The fourth-order valence-electron chi connectivity index (χ4n) is 6.23. The number of nitrogens with zero attached hydrogens (tertiary/aromatic N) is 3. The zero-order chi connectivity index (χ0) is 25.5. The Morgan fingerprint density at radius 1 is 1.03 bits per heavy atom. The molecule has 1 aromatic heterocycles. The molecule has 37 heavy (non-hydrogen) atoms. The van der Waals surface area contributed by atoms with Crippen molar-refractivity contribution in [3.8, 4) is 5.75 Å². The molecule has 3 aliphatic rings. The molecule has 2 fully saturated rings. The van der Waals surface area contributed by atoms with E-state index in [2.05, 4.69) is 33.4 Å². The van der Waals surface area contributed by atoms with E-state index in [1.54, 1.807) is 0 Å². The van der Waals surface area contributed by atoms with Crippen molar-refractivity contribution in [1.29, 1.82) is 0 Å². The molecule has 1 unspecified atom stereocenters. The summed E-state index contributed by atoms with van der Waals surface area (Å²) in [5.74, 6) is 1.62. The van der Waals surface area contributed by atoms with Crippen molar-refractivity contribution >= 4 is 11.8 Å². The average molecular weight is 505 g/mol. The Bertz CT molecular complexity index is 1050. The highest BCUT2D eigenvalue weighted by Crippen LogP contribution is 2.38. The molecule has 1 spiro atoms. The molecule has 3 aliphatic heterocycles. The van der Waals surface area contributed by atoms with E-state index in [0.29, 0.717) is 25.6 Å². The Morgan fingerprint density at radius 3 is 2.70 bits per heavy atom. The lowest BCUT2D eigenvalue weighted by Crippen LogP contribution is -2.52. The van der Waals surface area contributed by atoms with Gasteiger partial charge in [-0.05, 0) is 81.8 Å². The summed E-state index contributed by atoms with van der Waals surface area (Å²) in [7, 11) is 0. The lowest BCUT2D eigenvalue weighted by Gasteiger charge is -2.41.